The summed E-state index contributed by atoms with van der Waals surface area (Å²) >= 11 is 5.93. The molecule has 2 atom stereocenters. The van der Waals surface area contributed by atoms with Crippen LogP contribution in [0.5, 0.6) is 11.5 Å². The van der Waals surface area contributed by atoms with Crippen molar-refractivity contribution in [2.45, 2.75) is 18.8 Å². The maximum Gasteiger partial charge on any atom is 0.122 e. The van der Waals surface area contributed by atoms with Crippen LogP contribution in [0.3, 0.4) is 0 Å². The van der Waals surface area contributed by atoms with Gasteiger partial charge in [-0.25, -0.2) is 0 Å². The summed E-state index contributed by atoms with van der Waals surface area (Å²) in [6.45, 7) is 2.23. The molecule has 1 fully saturated rings. The highest BCUT2D eigenvalue weighted by molar-refractivity contribution is 6.18. The smallest absolute Gasteiger partial charge is 0.122 e. The Morgan fingerprint density at radius 3 is 2.62 bits per heavy atom. The summed E-state index contributed by atoms with van der Waals surface area (Å²) in [5, 5.41) is 0. The van der Waals surface area contributed by atoms with Gasteiger partial charge in [-0.3, -0.25) is 0 Å². The Kier molecular flexibility index (Phi) is 3.02. The number of benzene rings is 1. The molecule has 1 saturated carbocycles. The van der Waals surface area contributed by atoms with Gasteiger partial charge < -0.3 is 9.47 Å². The van der Waals surface area contributed by atoms with Gasteiger partial charge in [0.1, 0.15) is 11.5 Å². The van der Waals surface area contributed by atoms with Crippen LogP contribution in [-0.4, -0.2) is 20.1 Å². The molecule has 0 N–H and O–H groups in total. The molecule has 0 amide bonds. The Balaban J connectivity index is 2.38. The highest BCUT2D eigenvalue weighted by Crippen LogP contribution is 2.57. The Labute approximate surface area is 102 Å². The van der Waals surface area contributed by atoms with E-state index in [2.05, 4.69) is 13.0 Å². The zero-order valence-corrected chi connectivity index (χ0v) is 10.7. The molecule has 0 aromatic heterocycles. The van der Waals surface area contributed by atoms with Crippen LogP contribution in [0.25, 0.3) is 0 Å². The van der Waals surface area contributed by atoms with Crippen molar-refractivity contribution in [1.29, 1.82) is 0 Å². The molecule has 16 heavy (non-hydrogen) atoms. The number of halogens is 1. The molecule has 1 aliphatic rings. The standard InChI is InChI=1S/C13H17ClO2/c1-13(7-9(13)8-14)11-6-10(15-2)4-5-12(11)16-3/h4-6,9H,7-8H2,1-3H3. The average molecular weight is 241 g/mol. The Bertz CT molecular complexity index is 392. The minimum Gasteiger partial charge on any atom is -0.497 e. The number of hydrogen-bond acceptors (Lipinski definition) is 2. The number of hydrogen-bond donors (Lipinski definition) is 0. The van der Waals surface area contributed by atoms with Gasteiger partial charge in [0.25, 0.3) is 0 Å². The Morgan fingerprint density at radius 2 is 2.12 bits per heavy atom. The molecule has 0 radical (unpaired) electrons. The molecule has 3 heteroatoms. The van der Waals surface area contributed by atoms with E-state index in [-0.39, 0.29) is 5.41 Å². The predicted octanol–water partition coefficient (Wildman–Crippen LogP) is 3.22. The lowest BCUT2D eigenvalue weighted by molar-refractivity contribution is 0.393. The largest absolute Gasteiger partial charge is 0.497 e. The summed E-state index contributed by atoms with van der Waals surface area (Å²) in [6, 6.07) is 5.94. The van der Waals surface area contributed by atoms with Crippen LogP contribution in [-0.2, 0) is 5.41 Å². The number of rotatable bonds is 4. The van der Waals surface area contributed by atoms with Gasteiger partial charge in [-0.05, 0) is 30.5 Å². The van der Waals surface area contributed by atoms with Crippen molar-refractivity contribution in [3.05, 3.63) is 23.8 Å². The molecule has 0 aliphatic heterocycles. The van der Waals surface area contributed by atoms with Crippen LogP contribution in [0, 0.1) is 5.92 Å². The third kappa shape index (κ3) is 1.75. The van der Waals surface area contributed by atoms with Crippen LogP contribution in [0.2, 0.25) is 0 Å². The predicted molar refractivity (Wildman–Crippen MR) is 65.7 cm³/mol. The molecular weight excluding hydrogens is 224 g/mol. The van der Waals surface area contributed by atoms with Crippen LogP contribution in [0.1, 0.15) is 18.9 Å². The van der Waals surface area contributed by atoms with E-state index >= 15 is 0 Å². The van der Waals surface area contributed by atoms with E-state index in [1.54, 1.807) is 14.2 Å². The van der Waals surface area contributed by atoms with Gasteiger partial charge in [-0.2, -0.15) is 0 Å². The van der Waals surface area contributed by atoms with Gasteiger partial charge in [0.05, 0.1) is 14.2 Å². The van der Waals surface area contributed by atoms with Crippen molar-refractivity contribution in [3.63, 3.8) is 0 Å². The zero-order valence-electron chi connectivity index (χ0n) is 9.92. The SMILES string of the molecule is COc1ccc(OC)c(C2(C)CC2CCl)c1. The number of ether oxygens (including phenoxy) is 2. The zero-order chi connectivity index (χ0) is 11.8. The Morgan fingerprint density at radius 1 is 1.38 bits per heavy atom. The average Bonchev–Trinajstić information content (AvgIpc) is 3.01. The van der Waals surface area contributed by atoms with E-state index in [1.165, 1.54) is 5.56 Å². The van der Waals surface area contributed by atoms with Gasteiger partial charge in [0.15, 0.2) is 0 Å². The minimum absolute atomic E-state index is 0.154. The number of alkyl halides is 1. The van der Waals surface area contributed by atoms with Crippen molar-refractivity contribution < 1.29 is 9.47 Å². The molecule has 2 rings (SSSR count). The van der Waals surface area contributed by atoms with Crippen LogP contribution in [0.4, 0.5) is 0 Å². The second-order valence-electron chi connectivity index (χ2n) is 4.54. The summed E-state index contributed by atoms with van der Waals surface area (Å²) < 4.78 is 10.7. The molecule has 0 saturated heterocycles. The van der Waals surface area contributed by atoms with Crippen molar-refractivity contribution >= 4 is 11.6 Å². The van der Waals surface area contributed by atoms with E-state index in [4.69, 9.17) is 21.1 Å². The molecule has 88 valence electrons. The lowest BCUT2D eigenvalue weighted by Gasteiger charge is -2.16. The second kappa shape index (κ2) is 4.17. The molecule has 0 heterocycles. The van der Waals surface area contributed by atoms with E-state index in [1.807, 2.05) is 12.1 Å². The first-order chi connectivity index (χ1) is 7.65. The van der Waals surface area contributed by atoms with Crippen molar-refractivity contribution in [3.8, 4) is 11.5 Å². The Hall–Kier alpha value is -0.890. The maximum absolute atomic E-state index is 5.93. The third-order valence-corrected chi connectivity index (χ3v) is 3.99. The van der Waals surface area contributed by atoms with Gasteiger partial charge >= 0.3 is 0 Å². The lowest BCUT2D eigenvalue weighted by atomic mass is 9.94. The van der Waals surface area contributed by atoms with Crippen molar-refractivity contribution in [1.82, 2.24) is 0 Å². The molecule has 1 aromatic rings. The van der Waals surface area contributed by atoms with E-state index in [0.29, 0.717) is 11.8 Å². The van der Waals surface area contributed by atoms with Gasteiger partial charge in [-0.1, -0.05) is 6.92 Å². The first kappa shape index (κ1) is 11.6. The highest BCUT2D eigenvalue weighted by Gasteiger charge is 2.52. The first-order valence-electron chi connectivity index (χ1n) is 5.44. The fourth-order valence-electron chi connectivity index (χ4n) is 2.27. The summed E-state index contributed by atoms with van der Waals surface area (Å²) in [4.78, 5) is 0. The fourth-order valence-corrected chi connectivity index (χ4v) is 2.72. The molecule has 2 unspecified atom stereocenters. The fraction of sp³-hybridized carbons (Fsp3) is 0.538. The van der Waals surface area contributed by atoms with E-state index < -0.39 is 0 Å². The third-order valence-electron chi connectivity index (χ3n) is 3.62. The van der Waals surface area contributed by atoms with E-state index in [0.717, 1.165) is 17.9 Å². The van der Waals surface area contributed by atoms with Crippen molar-refractivity contribution in [2.75, 3.05) is 20.1 Å². The summed E-state index contributed by atoms with van der Waals surface area (Å²) in [6.07, 6.45) is 1.13. The molecule has 0 spiro atoms. The highest BCUT2D eigenvalue weighted by atomic mass is 35.5. The molecule has 2 nitrogen and oxygen atoms in total. The molecule has 0 bridgehead atoms. The van der Waals surface area contributed by atoms with Crippen molar-refractivity contribution in [2.24, 2.45) is 5.92 Å². The maximum atomic E-state index is 5.93. The normalized spacial score (nSPS) is 27.6. The van der Waals surface area contributed by atoms with Crippen LogP contribution < -0.4 is 9.47 Å². The topological polar surface area (TPSA) is 18.5 Å². The molecule has 1 aromatic carbocycles. The van der Waals surface area contributed by atoms with E-state index in [9.17, 15) is 0 Å². The second-order valence-corrected chi connectivity index (χ2v) is 4.85. The van der Waals surface area contributed by atoms with Gasteiger partial charge in [0.2, 0.25) is 0 Å². The summed E-state index contributed by atoms with van der Waals surface area (Å²) in [5.74, 6) is 3.06. The lowest BCUT2D eigenvalue weighted by Crippen LogP contribution is -2.08. The van der Waals surface area contributed by atoms with Gasteiger partial charge in [-0.15, -0.1) is 11.6 Å². The molecule has 1 aliphatic carbocycles. The number of methoxy groups -OCH3 is 2. The molecular formula is C13H17ClO2. The monoisotopic (exact) mass is 240 g/mol. The summed E-state index contributed by atoms with van der Waals surface area (Å²) in [7, 11) is 3.38. The van der Waals surface area contributed by atoms with Crippen LogP contribution >= 0.6 is 11.6 Å². The quantitative estimate of drug-likeness (QED) is 0.753. The first-order valence-corrected chi connectivity index (χ1v) is 5.97. The minimum atomic E-state index is 0.154. The summed E-state index contributed by atoms with van der Waals surface area (Å²) in [5.41, 5.74) is 1.36. The van der Waals surface area contributed by atoms with Crippen LogP contribution in [0.15, 0.2) is 18.2 Å². The van der Waals surface area contributed by atoms with Gasteiger partial charge in [0, 0.05) is 16.9 Å².